The van der Waals surface area contributed by atoms with Crippen molar-refractivity contribution in [2.45, 2.75) is 38.3 Å². The standard InChI is InChI=1S/C13H17N3O3.ClH/c1-9-10(4-2-5-11(9)16(18)19)8-15-12(17)13(14)6-3-7-13;/h2,4-5H,3,6-8,14H2,1H3,(H,15,17);1H. The van der Waals surface area contributed by atoms with Crippen molar-refractivity contribution in [1.29, 1.82) is 0 Å². The van der Waals surface area contributed by atoms with Crippen LogP contribution in [0, 0.1) is 17.0 Å². The van der Waals surface area contributed by atoms with Crippen LogP contribution in [0.1, 0.15) is 30.4 Å². The van der Waals surface area contributed by atoms with Crippen molar-refractivity contribution in [1.82, 2.24) is 5.32 Å². The number of amides is 1. The van der Waals surface area contributed by atoms with Crippen LogP contribution in [0.4, 0.5) is 5.69 Å². The van der Waals surface area contributed by atoms with E-state index in [1.54, 1.807) is 19.1 Å². The number of nitrogens with zero attached hydrogens (tertiary/aromatic N) is 1. The molecule has 0 aromatic heterocycles. The van der Waals surface area contributed by atoms with Gasteiger partial charge >= 0.3 is 0 Å². The van der Waals surface area contributed by atoms with E-state index < -0.39 is 10.5 Å². The SMILES string of the molecule is Cc1c(CNC(=O)C2(N)CCC2)cccc1[N+](=O)[O-].Cl. The average Bonchev–Trinajstić information content (AvgIpc) is 2.33. The maximum atomic E-state index is 11.9. The smallest absolute Gasteiger partial charge is 0.272 e. The number of carbonyl (C=O) groups is 1. The number of rotatable bonds is 4. The zero-order valence-electron chi connectivity index (χ0n) is 11.2. The summed E-state index contributed by atoms with van der Waals surface area (Å²) >= 11 is 0. The van der Waals surface area contributed by atoms with Gasteiger partial charge in [-0.1, -0.05) is 12.1 Å². The Kier molecular flexibility index (Phi) is 5.08. The molecule has 1 aliphatic rings. The molecule has 20 heavy (non-hydrogen) atoms. The third-order valence-corrected chi connectivity index (χ3v) is 3.75. The van der Waals surface area contributed by atoms with Crippen LogP contribution in [0.3, 0.4) is 0 Å². The van der Waals surface area contributed by atoms with Gasteiger partial charge in [0.1, 0.15) is 0 Å². The van der Waals surface area contributed by atoms with E-state index in [0.29, 0.717) is 18.4 Å². The Morgan fingerprint density at radius 1 is 1.50 bits per heavy atom. The summed E-state index contributed by atoms with van der Waals surface area (Å²) in [6.07, 6.45) is 2.37. The summed E-state index contributed by atoms with van der Waals surface area (Å²) in [5, 5.41) is 13.6. The van der Waals surface area contributed by atoms with Crippen LogP contribution in [-0.2, 0) is 11.3 Å². The molecule has 7 heteroatoms. The molecule has 1 saturated carbocycles. The average molecular weight is 300 g/mol. The molecule has 6 nitrogen and oxygen atoms in total. The van der Waals surface area contributed by atoms with Crippen LogP contribution >= 0.6 is 12.4 Å². The first kappa shape index (κ1) is 16.4. The lowest BCUT2D eigenvalue weighted by Gasteiger charge is -2.36. The highest BCUT2D eigenvalue weighted by atomic mass is 35.5. The minimum atomic E-state index is -0.741. The predicted octanol–water partition coefficient (Wildman–Crippen LogP) is 1.82. The predicted molar refractivity (Wildman–Crippen MR) is 77.7 cm³/mol. The molecule has 1 aromatic carbocycles. The Labute approximate surface area is 123 Å². The minimum absolute atomic E-state index is 0. The van der Waals surface area contributed by atoms with Crippen LogP contribution < -0.4 is 11.1 Å². The van der Waals surface area contributed by atoms with E-state index in [2.05, 4.69) is 5.32 Å². The second kappa shape index (κ2) is 6.19. The molecule has 0 radical (unpaired) electrons. The molecule has 3 N–H and O–H groups in total. The molecule has 1 aliphatic carbocycles. The number of nitrogens with two attached hydrogens (primary N) is 1. The quantitative estimate of drug-likeness (QED) is 0.654. The molecule has 2 rings (SSSR count). The lowest BCUT2D eigenvalue weighted by molar-refractivity contribution is -0.385. The molecule has 0 aliphatic heterocycles. The normalized spacial score (nSPS) is 15.7. The minimum Gasteiger partial charge on any atom is -0.350 e. The molecule has 1 aromatic rings. The van der Waals surface area contributed by atoms with Gasteiger partial charge in [-0.05, 0) is 31.7 Å². The number of nitro benzene ring substituents is 1. The number of hydrogen-bond donors (Lipinski definition) is 2. The van der Waals surface area contributed by atoms with Gasteiger partial charge in [-0.25, -0.2) is 0 Å². The van der Waals surface area contributed by atoms with Crippen molar-refractivity contribution >= 4 is 24.0 Å². The largest absolute Gasteiger partial charge is 0.350 e. The lowest BCUT2D eigenvalue weighted by Crippen LogP contribution is -2.58. The topological polar surface area (TPSA) is 98.3 Å². The summed E-state index contributed by atoms with van der Waals surface area (Å²) in [6, 6.07) is 4.85. The van der Waals surface area contributed by atoms with Crippen molar-refractivity contribution in [3.63, 3.8) is 0 Å². The van der Waals surface area contributed by atoms with Gasteiger partial charge in [0.25, 0.3) is 5.69 Å². The van der Waals surface area contributed by atoms with E-state index in [-0.39, 0.29) is 30.5 Å². The van der Waals surface area contributed by atoms with Gasteiger partial charge in [-0.15, -0.1) is 12.4 Å². The van der Waals surface area contributed by atoms with Crippen LogP contribution in [0.15, 0.2) is 18.2 Å². The van der Waals surface area contributed by atoms with Gasteiger partial charge < -0.3 is 11.1 Å². The number of nitro groups is 1. The number of hydrogen-bond acceptors (Lipinski definition) is 4. The zero-order chi connectivity index (χ0) is 14.0. The molecule has 1 amide bonds. The lowest BCUT2D eigenvalue weighted by atomic mass is 9.77. The molecule has 1 fully saturated rings. The van der Waals surface area contributed by atoms with E-state index >= 15 is 0 Å². The molecule has 0 atom stereocenters. The number of benzene rings is 1. The maximum Gasteiger partial charge on any atom is 0.272 e. The van der Waals surface area contributed by atoms with Gasteiger partial charge in [0.05, 0.1) is 10.5 Å². The summed E-state index contributed by atoms with van der Waals surface area (Å²) in [5.74, 6) is -0.176. The highest BCUT2D eigenvalue weighted by Crippen LogP contribution is 2.29. The van der Waals surface area contributed by atoms with E-state index in [0.717, 1.165) is 12.0 Å². The number of carbonyl (C=O) groups excluding carboxylic acids is 1. The number of nitrogens with one attached hydrogen (secondary N) is 1. The van der Waals surface area contributed by atoms with Crippen molar-refractivity contribution in [3.05, 3.63) is 39.4 Å². The monoisotopic (exact) mass is 299 g/mol. The third kappa shape index (κ3) is 3.08. The second-order valence-corrected chi connectivity index (χ2v) is 5.01. The zero-order valence-corrected chi connectivity index (χ0v) is 12.0. The maximum absolute atomic E-state index is 11.9. The van der Waals surface area contributed by atoms with Crippen LogP contribution in [0.2, 0.25) is 0 Å². The van der Waals surface area contributed by atoms with E-state index in [4.69, 9.17) is 5.73 Å². The molecule has 0 spiro atoms. The fourth-order valence-corrected chi connectivity index (χ4v) is 2.20. The summed E-state index contributed by atoms with van der Waals surface area (Å²) in [7, 11) is 0. The van der Waals surface area contributed by atoms with Gasteiger partial charge in [0.15, 0.2) is 0 Å². The van der Waals surface area contributed by atoms with E-state index in [1.807, 2.05) is 0 Å². The first-order chi connectivity index (χ1) is 8.94. The van der Waals surface area contributed by atoms with Gasteiger partial charge in [-0.2, -0.15) is 0 Å². The van der Waals surface area contributed by atoms with E-state index in [1.165, 1.54) is 6.07 Å². The first-order valence-corrected chi connectivity index (χ1v) is 6.24. The molecular formula is C13H18ClN3O3. The molecule has 0 saturated heterocycles. The highest BCUT2D eigenvalue weighted by molar-refractivity contribution is 5.87. The van der Waals surface area contributed by atoms with Crippen molar-refractivity contribution in [3.8, 4) is 0 Å². The van der Waals surface area contributed by atoms with E-state index in [9.17, 15) is 14.9 Å². The van der Waals surface area contributed by atoms with Crippen LogP contribution in [0.25, 0.3) is 0 Å². The molecule has 0 heterocycles. The molecule has 0 unspecified atom stereocenters. The molecule has 110 valence electrons. The highest BCUT2D eigenvalue weighted by Gasteiger charge is 2.39. The Morgan fingerprint density at radius 3 is 2.65 bits per heavy atom. The molecular weight excluding hydrogens is 282 g/mol. The van der Waals surface area contributed by atoms with Crippen molar-refractivity contribution in [2.24, 2.45) is 5.73 Å². The van der Waals surface area contributed by atoms with Crippen LogP contribution in [0.5, 0.6) is 0 Å². The third-order valence-electron chi connectivity index (χ3n) is 3.75. The Morgan fingerprint density at radius 2 is 2.15 bits per heavy atom. The summed E-state index contributed by atoms with van der Waals surface area (Å²) in [5.41, 5.74) is 6.55. The van der Waals surface area contributed by atoms with Crippen molar-refractivity contribution in [2.75, 3.05) is 0 Å². The fraction of sp³-hybridized carbons (Fsp3) is 0.462. The van der Waals surface area contributed by atoms with Crippen molar-refractivity contribution < 1.29 is 9.72 Å². The Hall–Kier alpha value is -1.66. The van der Waals surface area contributed by atoms with Gasteiger partial charge in [0, 0.05) is 18.2 Å². The summed E-state index contributed by atoms with van der Waals surface area (Å²) < 4.78 is 0. The Bertz CT molecular complexity index is 530. The van der Waals surface area contributed by atoms with Crippen LogP contribution in [-0.4, -0.2) is 16.4 Å². The van der Waals surface area contributed by atoms with Gasteiger partial charge in [-0.3, -0.25) is 14.9 Å². The first-order valence-electron chi connectivity index (χ1n) is 6.24. The van der Waals surface area contributed by atoms with Gasteiger partial charge in [0.2, 0.25) is 5.91 Å². The Balaban J connectivity index is 0.00000200. The molecule has 0 bridgehead atoms. The second-order valence-electron chi connectivity index (χ2n) is 5.01. The number of halogens is 1. The summed E-state index contributed by atoms with van der Waals surface area (Å²) in [4.78, 5) is 22.3. The fourth-order valence-electron chi connectivity index (χ4n) is 2.20. The summed E-state index contributed by atoms with van der Waals surface area (Å²) in [6.45, 7) is 1.95.